The van der Waals surface area contributed by atoms with E-state index in [4.69, 9.17) is 5.73 Å². The third-order valence-corrected chi connectivity index (χ3v) is 2.82. The molecule has 0 aromatic heterocycles. The van der Waals surface area contributed by atoms with Gasteiger partial charge in [0.1, 0.15) is 0 Å². The molecule has 1 aliphatic rings. The van der Waals surface area contributed by atoms with E-state index in [0.717, 1.165) is 24.1 Å². The summed E-state index contributed by atoms with van der Waals surface area (Å²) in [6.45, 7) is 0. The lowest BCUT2D eigenvalue weighted by Crippen LogP contribution is -2.38. The van der Waals surface area contributed by atoms with Crippen molar-refractivity contribution in [3.05, 3.63) is 35.9 Å². The summed E-state index contributed by atoms with van der Waals surface area (Å²) < 4.78 is 0. The molecular formula is C13H16N2O. The number of nitrogens with one attached hydrogen (secondary N) is 1. The Balaban J connectivity index is 1.87. The molecule has 3 N–H and O–H groups in total. The van der Waals surface area contributed by atoms with Gasteiger partial charge in [-0.3, -0.25) is 4.79 Å². The van der Waals surface area contributed by atoms with Gasteiger partial charge in [-0.15, -0.1) is 0 Å². The summed E-state index contributed by atoms with van der Waals surface area (Å²) in [4.78, 5) is 11.5. The van der Waals surface area contributed by atoms with Crippen molar-refractivity contribution in [2.75, 3.05) is 5.73 Å². The number of anilines is 1. The smallest absolute Gasteiger partial charge is 0.244 e. The molecule has 0 bridgehead atoms. The zero-order valence-electron chi connectivity index (χ0n) is 9.15. The zero-order chi connectivity index (χ0) is 11.4. The van der Waals surface area contributed by atoms with Crippen LogP contribution in [0.5, 0.6) is 0 Å². The fraction of sp³-hybridized carbons (Fsp3) is 0.308. The molecular weight excluding hydrogens is 200 g/mol. The number of benzene rings is 1. The van der Waals surface area contributed by atoms with Crippen molar-refractivity contribution in [1.82, 2.24) is 5.32 Å². The highest BCUT2D eigenvalue weighted by molar-refractivity contribution is 5.92. The molecule has 0 aliphatic heterocycles. The number of nitrogens with two attached hydrogens (primary N) is 1. The molecule has 1 amide bonds. The molecule has 0 saturated heterocycles. The quantitative estimate of drug-likeness (QED) is 0.599. The first-order valence-electron chi connectivity index (χ1n) is 5.58. The minimum Gasteiger partial charge on any atom is -0.399 e. The Kier molecular flexibility index (Phi) is 3.25. The first-order chi connectivity index (χ1) is 7.74. The van der Waals surface area contributed by atoms with Gasteiger partial charge in [-0.05, 0) is 43.0 Å². The number of amides is 1. The SMILES string of the molecule is Nc1ccc(/C=C/C(=O)NC2CCC2)cc1. The molecule has 1 aromatic carbocycles. The monoisotopic (exact) mass is 216 g/mol. The van der Waals surface area contributed by atoms with Crippen LogP contribution < -0.4 is 11.1 Å². The Bertz CT molecular complexity index is 391. The second kappa shape index (κ2) is 4.84. The van der Waals surface area contributed by atoms with Gasteiger partial charge in [-0.25, -0.2) is 0 Å². The van der Waals surface area contributed by atoms with Crippen LogP contribution >= 0.6 is 0 Å². The van der Waals surface area contributed by atoms with E-state index in [1.165, 1.54) is 6.42 Å². The molecule has 1 saturated carbocycles. The van der Waals surface area contributed by atoms with Crippen LogP contribution in [0, 0.1) is 0 Å². The van der Waals surface area contributed by atoms with Crippen LogP contribution in [0.1, 0.15) is 24.8 Å². The van der Waals surface area contributed by atoms with Gasteiger partial charge in [0.2, 0.25) is 5.91 Å². The predicted octanol–water partition coefficient (Wildman–Crippen LogP) is 1.95. The van der Waals surface area contributed by atoms with Gasteiger partial charge in [0, 0.05) is 17.8 Å². The van der Waals surface area contributed by atoms with Crippen molar-refractivity contribution in [3.63, 3.8) is 0 Å². The van der Waals surface area contributed by atoms with Crippen molar-refractivity contribution in [2.24, 2.45) is 0 Å². The Morgan fingerprint density at radius 2 is 2.00 bits per heavy atom. The van der Waals surface area contributed by atoms with Crippen LogP contribution in [0.15, 0.2) is 30.3 Å². The van der Waals surface area contributed by atoms with Gasteiger partial charge in [-0.2, -0.15) is 0 Å². The Labute approximate surface area is 95.3 Å². The summed E-state index contributed by atoms with van der Waals surface area (Å²) in [7, 11) is 0. The summed E-state index contributed by atoms with van der Waals surface area (Å²) in [5.41, 5.74) is 7.29. The average molecular weight is 216 g/mol. The normalized spacial score (nSPS) is 16.0. The van der Waals surface area contributed by atoms with E-state index < -0.39 is 0 Å². The second-order valence-electron chi connectivity index (χ2n) is 4.14. The number of nitrogen functional groups attached to an aromatic ring is 1. The number of rotatable bonds is 3. The van der Waals surface area contributed by atoms with Crippen molar-refractivity contribution >= 4 is 17.7 Å². The molecule has 0 heterocycles. The van der Waals surface area contributed by atoms with Crippen LogP contribution in [-0.4, -0.2) is 11.9 Å². The minimum absolute atomic E-state index is 0.0125. The Morgan fingerprint density at radius 3 is 2.56 bits per heavy atom. The fourth-order valence-electron chi connectivity index (χ4n) is 1.58. The largest absolute Gasteiger partial charge is 0.399 e. The van der Waals surface area contributed by atoms with Gasteiger partial charge in [0.05, 0.1) is 0 Å². The zero-order valence-corrected chi connectivity index (χ0v) is 9.15. The highest BCUT2D eigenvalue weighted by Gasteiger charge is 2.17. The van der Waals surface area contributed by atoms with Crippen molar-refractivity contribution in [1.29, 1.82) is 0 Å². The molecule has 0 unspecified atom stereocenters. The van der Waals surface area contributed by atoms with E-state index in [9.17, 15) is 4.79 Å². The number of hydrogen-bond acceptors (Lipinski definition) is 2. The maximum absolute atomic E-state index is 11.5. The fourth-order valence-corrected chi connectivity index (χ4v) is 1.58. The molecule has 16 heavy (non-hydrogen) atoms. The van der Waals surface area contributed by atoms with Crippen molar-refractivity contribution in [3.8, 4) is 0 Å². The molecule has 0 radical (unpaired) electrons. The lowest BCUT2D eigenvalue weighted by Gasteiger charge is -2.25. The molecule has 3 nitrogen and oxygen atoms in total. The van der Waals surface area contributed by atoms with Crippen molar-refractivity contribution in [2.45, 2.75) is 25.3 Å². The third kappa shape index (κ3) is 2.86. The van der Waals surface area contributed by atoms with E-state index in [1.54, 1.807) is 12.2 Å². The van der Waals surface area contributed by atoms with E-state index in [-0.39, 0.29) is 5.91 Å². The first-order valence-corrected chi connectivity index (χ1v) is 5.58. The molecule has 2 rings (SSSR count). The number of carbonyl (C=O) groups is 1. The van der Waals surface area contributed by atoms with E-state index >= 15 is 0 Å². The van der Waals surface area contributed by atoms with Crippen LogP contribution in [-0.2, 0) is 4.79 Å². The summed E-state index contributed by atoms with van der Waals surface area (Å²) in [6.07, 6.45) is 6.83. The van der Waals surface area contributed by atoms with Crippen LogP contribution in [0.4, 0.5) is 5.69 Å². The molecule has 0 atom stereocenters. The van der Waals surface area contributed by atoms with E-state index in [0.29, 0.717) is 6.04 Å². The van der Waals surface area contributed by atoms with E-state index in [2.05, 4.69) is 5.32 Å². The lowest BCUT2D eigenvalue weighted by molar-refractivity contribution is -0.117. The Morgan fingerprint density at radius 1 is 1.31 bits per heavy atom. The van der Waals surface area contributed by atoms with Crippen LogP contribution in [0.25, 0.3) is 6.08 Å². The standard InChI is InChI=1S/C13H16N2O/c14-11-7-4-10(5-8-11)6-9-13(16)15-12-2-1-3-12/h4-9,12H,1-3,14H2,(H,15,16)/b9-6+. The number of carbonyl (C=O) groups excluding carboxylic acids is 1. The molecule has 1 aromatic rings. The summed E-state index contributed by atoms with van der Waals surface area (Å²) in [6, 6.07) is 7.82. The van der Waals surface area contributed by atoms with Crippen LogP contribution in [0.2, 0.25) is 0 Å². The molecule has 3 heteroatoms. The van der Waals surface area contributed by atoms with Gasteiger partial charge in [0.25, 0.3) is 0 Å². The first kappa shape index (κ1) is 10.7. The predicted molar refractivity (Wildman–Crippen MR) is 65.7 cm³/mol. The maximum atomic E-state index is 11.5. The highest BCUT2D eigenvalue weighted by atomic mass is 16.1. The highest BCUT2D eigenvalue weighted by Crippen LogP contribution is 2.17. The van der Waals surface area contributed by atoms with Gasteiger partial charge >= 0.3 is 0 Å². The molecule has 1 aliphatic carbocycles. The number of hydrogen-bond donors (Lipinski definition) is 2. The average Bonchev–Trinajstić information content (AvgIpc) is 2.23. The lowest BCUT2D eigenvalue weighted by atomic mass is 9.93. The van der Waals surface area contributed by atoms with E-state index in [1.807, 2.05) is 24.3 Å². The topological polar surface area (TPSA) is 55.1 Å². The summed E-state index contributed by atoms with van der Waals surface area (Å²) in [5.74, 6) is -0.0125. The third-order valence-electron chi connectivity index (χ3n) is 2.82. The van der Waals surface area contributed by atoms with Gasteiger partial charge in [0.15, 0.2) is 0 Å². The molecule has 1 fully saturated rings. The van der Waals surface area contributed by atoms with Crippen LogP contribution in [0.3, 0.4) is 0 Å². The summed E-state index contributed by atoms with van der Waals surface area (Å²) >= 11 is 0. The summed E-state index contributed by atoms with van der Waals surface area (Å²) in [5, 5.41) is 2.95. The van der Waals surface area contributed by atoms with Gasteiger partial charge < -0.3 is 11.1 Å². The molecule has 0 spiro atoms. The van der Waals surface area contributed by atoms with Gasteiger partial charge in [-0.1, -0.05) is 12.1 Å². The maximum Gasteiger partial charge on any atom is 0.244 e. The minimum atomic E-state index is -0.0125. The van der Waals surface area contributed by atoms with Crippen molar-refractivity contribution < 1.29 is 4.79 Å². The second-order valence-corrected chi connectivity index (χ2v) is 4.14. The molecule has 84 valence electrons. The Hall–Kier alpha value is -1.77.